The Morgan fingerprint density at radius 2 is 2.33 bits per heavy atom. The van der Waals surface area contributed by atoms with Gasteiger partial charge >= 0.3 is 35.5 Å². The molecular formula is C5H5NaO3. The fraction of sp³-hybridized carbons (Fsp3) is 0. The Morgan fingerprint density at radius 3 is 2.56 bits per heavy atom. The van der Waals surface area contributed by atoms with E-state index in [1.165, 1.54) is 18.4 Å². The molecule has 1 aromatic heterocycles. The van der Waals surface area contributed by atoms with E-state index in [1.54, 1.807) is 0 Å². The van der Waals surface area contributed by atoms with Gasteiger partial charge in [0.1, 0.15) is 0 Å². The van der Waals surface area contributed by atoms with Gasteiger partial charge < -0.3 is 9.52 Å². The molecule has 0 unspecified atom stereocenters. The molecule has 3 nitrogen and oxygen atoms in total. The van der Waals surface area contributed by atoms with Gasteiger partial charge in [-0.1, -0.05) is 0 Å². The molecule has 9 heavy (non-hydrogen) atoms. The van der Waals surface area contributed by atoms with Crippen LogP contribution in [0.2, 0.25) is 0 Å². The molecule has 1 aromatic rings. The second-order valence-electron chi connectivity index (χ2n) is 1.28. The molecule has 4 heteroatoms. The van der Waals surface area contributed by atoms with Gasteiger partial charge in [0.2, 0.25) is 5.76 Å². The van der Waals surface area contributed by atoms with Gasteiger partial charge in [-0.3, -0.25) is 0 Å². The molecule has 0 saturated carbocycles. The first-order chi connectivity index (χ1) is 3.80. The van der Waals surface area contributed by atoms with E-state index in [0.717, 1.165) is 0 Å². The molecule has 0 amide bonds. The van der Waals surface area contributed by atoms with Gasteiger partial charge in [0, 0.05) is 0 Å². The second-order valence-corrected chi connectivity index (χ2v) is 1.28. The molecule has 44 valence electrons. The quantitative estimate of drug-likeness (QED) is 0.566. The molecule has 0 bridgehead atoms. The van der Waals surface area contributed by atoms with E-state index in [1.807, 2.05) is 0 Å². The number of carbonyl (C=O) groups is 1. The van der Waals surface area contributed by atoms with E-state index in [9.17, 15) is 4.79 Å². The van der Waals surface area contributed by atoms with Crippen LogP contribution in [0.15, 0.2) is 22.8 Å². The van der Waals surface area contributed by atoms with Gasteiger partial charge in [0.15, 0.2) is 0 Å². The van der Waals surface area contributed by atoms with Crippen molar-refractivity contribution in [2.45, 2.75) is 0 Å². The number of hydrogen-bond acceptors (Lipinski definition) is 2. The monoisotopic (exact) mass is 136 g/mol. The Hall–Kier alpha value is -0.250. The first-order valence-corrected chi connectivity index (χ1v) is 2.07. The van der Waals surface area contributed by atoms with E-state index >= 15 is 0 Å². The van der Waals surface area contributed by atoms with Crippen LogP contribution in [0, 0.1) is 0 Å². The summed E-state index contributed by atoms with van der Waals surface area (Å²) in [6.07, 6.45) is 1.32. The fourth-order valence-corrected chi connectivity index (χ4v) is 0.400. The van der Waals surface area contributed by atoms with Gasteiger partial charge in [-0.15, -0.1) is 0 Å². The van der Waals surface area contributed by atoms with Crippen LogP contribution in [0.25, 0.3) is 0 Å². The third kappa shape index (κ3) is 2.22. The van der Waals surface area contributed by atoms with Crippen LogP contribution in [-0.2, 0) is 0 Å². The van der Waals surface area contributed by atoms with Crippen molar-refractivity contribution in [2.75, 3.05) is 0 Å². The average molecular weight is 136 g/mol. The van der Waals surface area contributed by atoms with Crippen molar-refractivity contribution in [1.29, 1.82) is 0 Å². The summed E-state index contributed by atoms with van der Waals surface area (Å²) in [7, 11) is 0. The summed E-state index contributed by atoms with van der Waals surface area (Å²) in [5, 5.41) is 8.18. The van der Waals surface area contributed by atoms with E-state index in [-0.39, 0.29) is 35.3 Å². The van der Waals surface area contributed by atoms with Crippen molar-refractivity contribution >= 4 is 35.5 Å². The van der Waals surface area contributed by atoms with Crippen molar-refractivity contribution in [3.05, 3.63) is 24.2 Å². The van der Waals surface area contributed by atoms with Crippen molar-refractivity contribution in [3.63, 3.8) is 0 Å². The molecule has 1 heterocycles. The fourth-order valence-electron chi connectivity index (χ4n) is 0.400. The van der Waals surface area contributed by atoms with Crippen molar-refractivity contribution < 1.29 is 14.3 Å². The molecule has 0 fully saturated rings. The Kier molecular flexibility index (Phi) is 3.61. The Morgan fingerprint density at radius 1 is 1.67 bits per heavy atom. The van der Waals surface area contributed by atoms with Gasteiger partial charge in [0.05, 0.1) is 6.26 Å². The Balaban J connectivity index is 0.000000640. The number of furan rings is 1. The number of carboxylic acids is 1. The van der Waals surface area contributed by atoms with Crippen LogP contribution in [-0.4, -0.2) is 40.6 Å². The zero-order valence-electron chi connectivity index (χ0n) is 4.00. The minimum absolute atomic E-state index is 0. The van der Waals surface area contributed by atoms with E-state index < -0.39 is 5.97 Å². The Bertz CT molecular complexity index is 180. The number of rotatable bonds is 1. The maximum absolute atomic E-state index is 9.97. The van der Waals surface area contributed by atoms with Crippen molar-refractivity contribution in [2.24, 2.45) is 0 Å². The predicted octanol–water partition coefficient (Wildman–Crippen LogP) is 0.329. The maximum atomic E-state index is 9.97. The molecule has 0 aliphatic carbocycles. The van der Waals surface area contributed by atoms with Gasteiger partial charge in [-0.05, 0) is 12.1 Å². The number of aromatic carboxylic acids is 1. The van der Waals surface area contributed by atoms with Crippen LogP contribution in [0.4, 0.5) is 0 Å². The molecule has 0 spiro atoms. The van der Waals surface area contributed by atoms with E-state index in [2.05, 4.69) is 4.42 Å². The third-order valence-electron chi connectivity index (χ3n) is 0.732. The summed E-state index contributed by atoms with van der Waals surface area (Å²) in [6, 6.07) is 2.92. The van der Waals surface area contributed by atoms with Crippen LogP contribution in [0.5, 0.6) is 0 Å². The zero-order chi connectivity index (χ0) is 5.98. The topological polar surface area (TPSA) is 50.4 Å². The van der Waals surface area contributed by atoms with Gasteiger partial charge in [-0.25, -0.2) is 4.79 Å². The Labute approximate surface area is 74.0 Å². The minimum atomic E-state index is -1.03. The molecule has 0 atom stereocenters. The molecule has 0 radical (unpaired) electrons. The van der Waals surface area contributed by atoms with Crippen LogP contribution in [0.3, 0.4) is 0 Å². The van der Waals surface area contributed by atoms with Crippen molar-refractivity contribution in [3.8, 4) is 0 Å². The van der Waals surface area contributed by atoms with Crippen LogP contribution < -0.4 is 0 Å². The zero-order valence-corrected chi connectivity index (χ0v) is 4.00. The van der Waals surface area contributed by atoms with E-state index in [4.69, 9.17) is 5.11 Å². The first kappa shape index (κ1) is 8.75. The summed E-state index contributed by atoms with van der Waals surface area (Å²) in [6.45, 7) is 0. The van der Waals surface area contributed by atoms with Gasteiger partial charge in [0.25, 0.3) is 0 Å². The summed E-state index contributed by atoms with van der Waals surface area (Å²) in [4.78, 5) is 9.97. The molecule has 0 saturated heterocycles. The molecule has 1 rings (SSSR count). The standard InChI is InChI=1S/C5H4O3.Na.H/c6-5(7)4-2-1-3-8-4;;/h1-3H,(H,6,7);;. The molecule has 0 aromatic carbocycles. The van der Waals surface area contributed by atoms with Crippen molar-refractivity contribution in [1.82, 2.24) is 0 Å². The average Bonchev–Trinajstić information content (AvgIpc) is 2.12. The first-order valence-electron chi connectivity index (χ1n) is 2.07. The summed E-state index contributed by atoms with van der Waals surface area (Å²) < 4.78 is 4.50. The molecule has 0 aliphatic rings. The number of hydrogen-bond donors (Lipinski definition) is 1. The predicted molar refractivity (Wildman–Crippen MR) is 32.8 cm³/mol. The third-order valence-corrected chi connectivity index (χ3v) is 0.732. The molecule has 1 N–H and O–H groups in total. The van der Waals surface area contributed by atoms with E-state index in [0.29, 0.717) is 0 Å². The molecular weight excluding hydrogens is 131 g/mol. The second kappa shape index (κ2) is 3.71. The normalized spacial score (nSPS) is 8.00. The summed E-state index contributed by atoms with van der Waals surface area (Å²) in [5.41, 5.74) is 0. The number of carboxylic acid groups (broad SMARTS) is 1. The molecule has 0 aliphatic heterocycles. The van der Waals surface area contributed by atoms with Crippen LogP contribution >= 0.6 is 0 Å². The SMILES string of the molecule is O=C(O)c1ccco1.[NaH]. The van der Waals surface area contributed by atoms with Crippen LogP contribution in [0.1, 0.15) is 10.6 Å². The summed E-state index contributed by atoms with van der Waals surface area (Å²) in [5.74, 6) is -1.06. The summed E-state index contributed by atoms with van der Waals surface area (Å²) >= 11 is 0. The van der Waals surface area contributed by atoms with Gasteiger partial charge in [-0.2, -0.15) is 0 Å².